The van der Waals surface area contributed by atoms with Gasteiger partial charge in [0.05, 0.1) is 12.5 Å². The Morgan fingerprint density at radius 3 is 2.53 bits per heavy atom. The molecule has 0 aliphatic heterocycles. The SMILES string of the molecule is CCOc1ccc(CN(C)CCC(C)C(=O)O)cc1. The van der Waals surface area contributed by atoms with Crippen LogP contribution in [0, 0.1) is 5.92 Å². The molecule has 1 aromatic carbocycles. The molecule has 106 valence electrons. The molecule has 0 aliphatic rings. The predicted molar refractivity (Wildman–Crippen MR) is 75.4 cm³/mol. The van der Waals surface area contributed by atoms with Gasteiger partial charge in [0.1, 0.15) is 5.75 Å². The van der Waals surface area contributed by atoms with Crippen molar-refractivity contribution in [2.45, 2.75) is 26.8 Å². The molecule has 1 unspecified atom stereocenters. The Morgan fingerprint density at radius 1 is 1.37 bits per heavy atom. The minimum absolute atomic E-state index is 0.289. The van der Waals surface area contributed by atoms with Crippen LogP contribution in [0.15, 0.2) is 24.3 Å². The van der Waals surface area contributed by atoms with Gasteiger partial charge in [0.25, 0.3) is 0 Å². The lowest BCUT2D eigenvalue weighted by molar-refractivity contribution is -0.141. The van der Waals surface area contributed by atoms with E-state index in [9.17, 15) is 4.79 Å². The molecule has 1 atom stereocenters. The standard InChI is InChI=1S/C15H23NO3/c1-4-19-14-7-5-13(6-8-14)11-16(3)10-9-12(2)15(17)18/h5-8,12H,4,9-11H2,1-3H3,(H,17,18). The number of carboxylic acid groups (broad SMARTS) is 1. The van der Waals surface area contributed by atoms with Gasteiger partial charge < -0.3 is 14.7 Å². The molecular weight excluding hydrogens is 242 g/mol. The summed E-state index contributed by atoms with van der Waals surface area (Å²) < 4.78 is 5.39. The minimum Gasteiger partial charge on any atom is -0.494 e. The summed E-state index contributed by atoms with van der Waals surface area (Å²) in [5.74, 6) is -0.134. The zero-order chi connectivity index (χ0) is 14.3. The van der Waals surface area contributed by atoms with Crippen molar-refractivity contribution < 1.29 is 14.6 Å². The Balaban J connectivity index is 2.39. The summed E-state index contributed by atoms with van der Waals surface area (Å²) in [5.41, 5.74) is 1.20. The lowest BCUT2D eigenvalue weighted by Crippen LogP contribution is -2.23. The Labute approximate surface area is 115 Å². The highest BCUT2D eigenvalue weighted by molar-refractivity contribution is 5.69. The van der Waals surface area contributed by atoms with Crippen LogP contribution in [0.1, 0.15) is 25.8 Å². The fourth-order valence-electron chi connectivity index (χ4n) is 1.79. The molecule has 0 radical (unpaired) electrons. The summed E-state index contributed by atoms with van der Waals surface area (Å²) in [6, 6.07) is 8.02. The Kier molecular flexibility index (Phi) is 6.36. The zero-order valence-electron chi connectivity index (χ0n) is 11.9. The van der Waals surface area contributed by atoms with E-state index in [1.165, 1.54) is 5.56 Å². The van der Waals surface area contributed by atoms with Crippen molar-refractivity contribution in [3.8, 4) is 5.75 Å². The summed E-state index contributed by atoms with van der Waals surface area (Å²) in [6.07, 6.45) is 0.670. The van der Waals surface area contributed by atoms with E-state index in [0.717, 1.165) is 18.8 Å². The number of carboxylic acids is 1. The molecule has 0 aromatic heterocycles. The number of nitrogens with zero attached hydrogens (tertiary/aromatic N) is 1. The largest absolute Gasteiger partial charge is 0.494 e. The maximum Gasteiger partial charge on any atom is 0.306 e. The van der Waals surface area contributed by atoms with E-state index in [-0.39, 0.29) is 5.92 Å². The first-order valence-corrected chi connectivity index (χ1v) is 6.66. The van der Waals surface area contributed by atoms with E-state index in [2.05, 4.69) is 4.90 Å². The van der Waals surface area contributed by atoms with E-state index in [1.807, 2.05) is 38.2 Å². The number of benzene rings is 1. The van der Waals surface area contributed by atoms with E-state index >= 15 is 0 Å². The molecule has 0 saturated heterocycles. The molecule has 0 aliphatic carbocycles. The lowest BCUT2D eigenvalue weighted by Gasteiger charge is -2.18. The van der Waals surface area contributed by atoms with Gasteiger partial charge in [-0.3, -0.25) is 4.79 Å². The highest BCUT2D eigenvalue weighted by atomic mass is 16.5. The van der Waals surface area contributed by atoms with Crippen LogP contribution in [-0.4, -0.2) is 36.2 Å². The average molecular weight is 265 g/mol. The number of rotatable bonds is 8. The van der Waals surface area contributed by atoms with Crippen molar-refractivity contribution in [1.82, 2.24) is 4.90 Å². The van der Waals surface area contributed by atoms with E-state index in [1.54, 1.807) is 6.92 Å². The van der Waals surface area contributed by atoms with Crippen LogP contribution in [-0.2, 0) is 11.3 Å². The van der Waals surface area contributed by atoms with E-state index in [4.69, 9.17) is 9.84 Å². The zero-order valence-corrected chi connectivity index (χ0v) is 11.9. The van der Waals surface area contributed by atoms with Gasteiger partial charge >= 0.3 is 5.97 Å². The molecule has 1 N–H and O–H groups in total. The lowest BCUT2D eigenvalue weighted by atomic mass is 10.1. The molecule has 0 bridgehead atoms. The second-order valence-corrected chi connectivity index (χ2v) is 4.84. The first-order chi connectivity index (χ1) is 9.02. The number of ether oxygens (including phenoxy) is 1. The molecule has 0 saturated carbocycles. The molecule has 0 spiro atoms. The fourth-order valence-corrected chi connectivity index (χ4v) is 1.79. The highest BCUT2D eigenvalue weighted by Crippen LogP contribution is 2.13. The third-order valence-corrected chi connectivity index (χ3v) is 3.05. The maximum absolute atomic E-state index is 10.7. The molecule has 1 aromatic rings. The van der Waals surface area contributed by atoms with Crippen molar-refractivity contribution >= 4 is 5.97 Å². The van der Waals surface area contributed by atoms with Crippen LogP contribution < -0.4 is 4.74 Å². The van der Waals surface area contributed by atoms with Crippen LogP contribution >= 0.6 is 0 Å². The molecular formula is C15H23NO3. The second-order valence-electron chi connectivity index (χ2n) is 4.84. The summed E-state index contributed by atoms with van der Waals surface area (Å²) >= 11 is 0. The van der Waals surface area contributed by atoms with Gasteiger partial charge in [-0.1, -0.05) is 19.1 Å². The van der Waals surface area contributed by atoms with Gasteiger partial charge in [-0.25, -0.2) is 0 Å². The number of hydrogen-bond donors (Lipinski definition) is 1. The fraction of sp³-hybridized carbons (Fsp3) is 0.533. The molecule has 4 nitrogen and oxygen atoms in total. The maximum atomic E-state index is 10.7. The topological polar surface area (TPSA) is 49.8 Å². The third kappa shape index (κ3) is 5.75. The molecule has 1 rings (SSSR count). The van der Waals surface area contributed by atoms with Crippen LogP contribution in [0.5, 0.6) is 5.75 Å². The summed E-state index contributed by atoms with van der Waals surface area (Å²) in [4.78, 5) is 12.9. The normalized spacial score (nSPS) is 12.4. The highest BCUT2D eigenvalue weighted by Gasteiger charge is 2.11. The van der Waals surface area contributed by atoms with Gasteiger partial charge in [-0.15, -0.1) is 0 Å². The Morgan fingerprint density at radius 2 is 2.00 bits per heavy atom. The molecule has 0 heterocycles. The molecule has 4 heteroatoms. The van der Waals surface area contributed by atoms with Gasteiger partial charge in [-0.05, 0) is 44.6 Å². The first-order valence-electron chi connectivity index (χ1n) is 6.66. The predicted octanol–water partition coefficient (Wildman–Crippen LogP) is 2.63. The Bertz CT molecular complexity index is 389. The van der Waals surface area contributed by atoms with Crippen LogP contribution in [0.4, 0.5) is 0 Å². The van der Waals surface area contributed by atoms with Gasteiger partial charge in [0.15, 0.2) is 0 Å². The number of hydrogen-bond acceptors (Lipinski definition) is 3. The van der Waals surface area contributed by atoms with Crippen LogP contribution in [0.25, 0.3) is 0 Å². The monoisotopic (exact) mass is 265 g/mol. The molecule has 19 heavy (non-hydrogen) atoms. The minimum atomic E-state index is -0.727. The first kappa shape index (κ1) is 15.5. The van der Waals surface area contributed by atoms with Crippen molar-refractivity contribution in [2.75, 3.05) is 20.2 Å². The van der Waals surface area contributed by atoms with Crippen molar-refractivity contribution in [2.24, 2.45) is 5.92 Å². The summed E-state index contributed by atoms with van der Waals surface area (Å²) in [5, 5.41) is 8.83. The van der Waals surface area contributed by atoms with Crippen LogP contribution in [0.3, 0.4) is 0 Å². The van der Waals surface area contributed by atoms with Crippen molar-refractivity contribution in [3.05, 3.63) is 29.8 Å². The van der Waals surface area contributed by atoms with E-state index < -0.39 is 5.97 Å². The molecule has 0 amide bonds. The molecule has 0 fully saturated rings. The smallest absolute Gasteiger partial charge is 0.306 e. The van der Waals surface area contributed by atoms with Gasteiger partial charge in [-0.2, -0.15) is 0 Å². The average Bonchev–Trinajstić information content (AvgIpc) is 2.38. The van der Waals surface area contributed by atoms with Crippen molar-refractivity contribution in [3.63, 3.8) is 0 Å². The second kappa shape index (κ2) is 7.79. The third-order valence-electron chi connectivity index (χ3n) is 3.05. The summed E-state index contributed by atoms with van der Waals surface area (Å²) in [6.45, 7) is 5.98. The summed E-state index contributed by atoms with van der Waals surface area (Å²) in [7, 11) is 2.00. The van der Waals surface area contributed by atoms with Crippen LogP contribution in [0.2, 0.25) is 0 Å². The number of carbonyl (C=O) groups is 1. The Hall–Kier alpha value is -1.55. The quantitative estimate of drug-likeness (QED) is 0.785. The van der Waals surface area contributed by atoms with Gasteiger partial charge in [0, 0.05) is 6.54 Å². The van der Waals surface area contributed by atoms with Gasteiger partial charge in [0.2, 0.25) is 0 Å². The number of aliphatic carboxylic acids is 1. The van der Waals surface area contributed by atoms with Crippen molar-refractivity contribution in [1.29, 1.82) is 0 Å². The van der Waals surface area contributed by atoms with E-state index in [0.29, 0.717) is 13.0 Å².